The topological polar surface area (TPSA) is 26.8 Å². The van der Waals surface area contributed by atoms with Crippen LogP contribution >= 0.6 is 11.3 Å². The van der Waals surface area contributed by atoms with Gasteiger partial charge in [-0.15, -0.1) is 11.3 Å². The average molecular weight is 334 g/mol. The third-order valence-electron chi connectivity index (χ3n) is 5.89. The van der Waals surface area contributed by atoms with E-state index in [1.165, 1.54) is 42.7 Å². The molecule has 23 heavy (non-hydrogen) atoms. The summed E-state index contributed by atoms with van der Waals surface area (Å²) >= 11 is 1.86. The highest BCUT2D eigenvalue weighted by atomic mass is 32.1. The number of nitrogens with zero attached hydrogens (tertiary/aromatic N) is 3. The summed E-state index contributed by atoms with van der Waals surface area (Å²) in [4.78, 5) is 21.4. The lowest BCUT2D eigenvalue weighted by Crippen LogP contribution is -2.50. The van der Waals surface area contributed by atoms with E-state index in [9.17, 15) is 4.79 Å². The Morgan fingerprint density at radius 1 is 1.22 bits per heavy atom. The van der Waals surface area contributed by atoms with Gasteiger partial charge in [-0.1, -0.05) is 0 Å². The van der Waals surface area contributed by atoms with E-state index in [-0.39, 0.29) is 0 Å². The van der Waals surface area contributed by atoms with Crippen molar-refractivity contribution in [3.63, 3.8) is 0 Å². The fourth-order valence-electron chi connectivity index (χ4n) is 4.65. The highest BCUT2D eigenvalue weighted by Crippen LogP contribution is 2.30. The fourth-order valence-corrected chi connectivity index (χ4v) is 5.54. The van der Waals surface area contributed by atoms with Crippen LogP contribution in [0.2, 0.25) is 0 Å². The van der Waals surface area contributed by atoms with Gasteiger partial charge >= 0.3 is 0 Å². The predicted molar refractivity (Wildman–Crippen MR) is 93.7 cm³/mol. The van der Waals surface area contributed by atoms with E-state index in [0.29, 0.717) is 24.5 Å². The van der Waals surface area contributed by atoms with Crippen molar-refractivity contribution in [2.24, 2.45) is 0 Å². The van der Waals surface area contributed by atoms with Crippen LogP contribution in [0.5, 0.6) is 0 Å². The molecule has 0 N–H and O–H groups in total. The zero-order chi connectivity index (χ0) is 15.8. The number of carbonyl (C=O) groups excluding carboxylic acids is 1. The van der Waals surface area contributed by atoms with Crippen LogP contribution < -0.4 is 0 Å². The highest BCUT2D eigenvalue weighted by molar-refractivity contribution is 7.10. The van der Waals surface area contributed by atoms with Gasteiger partial charge in [0.05, 0.1) is 6.54 Å². The molecule has 3 aliphatic rings. The monoisotopic (exact) mass is 333 g/mol. The lowest BCUT2D eigenvalue weighted by Gasteiger charge is -2.35. The summed E-state index contributed by atoms with van der Waals surface area (Å²) < 4.78 is 0. The number of carbonyl (C=O) groups is 1. The zero-order valence-corrected chi connectivity index (χ0v) is 14.9. The Morgan fingerprint density at radius 3 is 2.87 bits per heavy atom. The Labute approximate surface area is 143 Å². The van der Waals surface area contributed by atoms with Gasteiger partial charge in [-0.05, 0) is 62.7 Å². The molecule has 5 heteroatoms. The molecule has 4 rings (SSSR count). The molecule has 0 bridgehead atoms. The molecule has 0 spiro atoms. The number of amides is 1. The van der Waals surface area contributed by atoms with Gasteiger partial charge in [-0.2, -0.15) is 0 Å². The molecular weight excluding hydrogens is 306 g/mol. The largest absolute Gasteiger partial charge is 0.337 e. The molecule has 126 valence electrons. The maximum Gasteiger partial charge on any atom is 0.237 e. The Morgan fingerprint density at radius 2 is 2.04 bits per heavy atom. The first kappa shape index (κ1) is 15.6. The Bertz CT molecular complexity index is 572. The van der Waals surface area contributed by atoms with Crippen LogP contribution in [0.25, 0.3) is 0 Å². The van der Waals surface area contributed by atoms with E-state index in [2.05, 4.69) is 33.2 Å². The molecule has 0 aliphatic carbocycles. The van der Waals surface area contributed by atoms with Crippen molar-refractivity contribution in [1.82, 2.24) is 14.7 Å². The molecule has 1 amide bonds. The van der Waals surface area contributed by atoms with Crippen molar-refractivity contribution in [3.05, 3.63) is 21.9 Å². The van der Waals surface area contributed by atoms with Crippen LogP contribution in [0.15, 0.2) is 11.4 Å². The summed E-state index contributed by atoms with van der Waals surface area (Å²) in [6.07, 6.45) is 6.01. The Kier molecular flexibility index (Phi) is 4.43. The van der Waals surface area contributed by atoms with Crippen LogP contribution in [-0.4, -0.2) is 65.9 Å². The molecule has 2 saturated heterocycles. The number of fused-ring (bicyclic) bond motifs is 1. The van der Waals surface area contributed by atoms with Crippen molar-refractivity contribution < 1.29 is 4.79 Å². The van der Waals surface area contributed by atoms with E-state index < -0.39 is 0 Å². The summed E-state index contributed by atoms with van der Waals surface area (Å²) in [7, 11) is 2.22. The molecule has 0 unspecified atom stereocenters. The normalized spacial score (nSPS) is 29.2. The second-order valence-electron chi connectivity index (χ2n) is 7.32. The van der Waals surface area contributed by atoms with E-state index in [1.807, 2.05) is 11.3 Å². The minimum absolute atomic E-state index is 0.353. The van der Waals surface area contributed by atoms with Crippen molar-refractivity contribution in [2.75, 3.05) is 33.2 Å². The maximum absolute atomic E-state index is 12.9. The van der Waals surface area contributed by atoms with E-state index in [0.717, 1.165) is 26.1 Å². The van der Waals surface area contributed by atoms with Gasteiger partial charge in [0.25, 0.3) is 0 Å². The molecule has 4 heterocycles. The molecule has 2 atom stereocenters. The fraction of sp³-hybridized carbons (Fsp3) is 0.722. The van der Waals surface area contributed by atoms with Gasteiger partial charge in [0, 0.05) is 36.6 Å². The molecular formula is C18H27N3OS. The zero-order valence-electron chi connectivity index (χ0n) is 14.0. The van der Waals surface area contributed by atoms with Crippen LogP contribution in [0.3, 0.4) is 0 Å². The molecule has 4 nitrogen and oxygen atoms in total. The Hall–Kier alpha value is -0.910. The molecule has 3 aliphatic heterocycles. The van der Waals surface area contributed by atoms with Crippen molar-refractivity contribution in [2.45, 2.75) is 50.7 Å². The second-order valence-corrected chi connectivity index (χ2v) is 8.32. The standard InChI is InChI=1S/C18H27N3OS/c1-19-8-2-4-15(19)16-5-3-9-21(16)18(22)13-20-10-6-17-14(12-20)7-11-23-17/h7,11,15-16H,2-6,8-10,12-13H2,1H3/t15-,16-/m1/s1. The van der Waals surface area contributed by atoms with Gasteiger partial charge in [-0.3, -0.25) is 9.69 Å². The minimum Gasteiger partial charge on any atom is -0.337 e. The third-order valence-corrected chi connectivity index (χ3v) is 6.91. The summed E-state index contributed by atoms with van der Waals surface area (Å²) in [6, 6.07) is 3.27. The minimum atomic E-state index is 0.353. The molecule has 0 aromatic carbocycles. The van der Waals surface area contributed by atoms with E-state index >= 15 is 0 Å². The summed E-state index contributed by atoms with van der Waals surface area (Å²) in [5.74, 6) is 0.353. The second kappa shape index (κ2) is 6.54. The summed E-state index contributed by atoms with van der Waals surface area (Å²) in [6.45, 7) is 4.73. The molecule has 1 aromatic heterocycles. The van der Waals surface area contributed by atoms with Gasteiger partial charge in [0.15, 0.2) is 0 Å². The SMILES string of the molecule is CN1CCC[C@@H]1[C@H]1CCCN1C(=O)CN1CCc2sccc2C1. The molecule has 0 saturated carbocycles. The number of likely N-dealkylation sites (tertiary alicyclic amines) is 2. The summed E-state index contributed by atoms with van der Waals surface area (Å²) in [5.41, 5.74) is 1.43. The van der Waals surface area contributed by atoms with Crippen LogP contribution in [0.1, 0.15) is 36.1 Å². The van der Waals surface area contributed by atoms with E-state index in [1.54, 1.807) is 0 Å². The lowest BCUT2D eigenvalue weighted by atomic mass is 10.0. The molecule has 1 aromatic rings. The summed E-state index contributed by atoms with van der Waals surface area (Å²) in [5, 5.41) is 2.18. The first-order valence-corrected chi connectivity index (χ1v) is 9.87. The molecule has 2 fully saturated rings. The number of hydrogen-bond acceptors (Lipinski definition) is 4. The Balaban J connectivity index is 1.39. The van der Waals surface area contributed by atoms with Gasteiger partial charge in [0.1, 0.15) is 0 Å². The number of rotatable bonds is 3. The van der Waals surface area contributed by atoms with Crippen LogP contribution in [0.4, 0.5) is 0 Å². The van der Waals surface area contributed by atoms with Crippen LogP contribution in [-0.2, 0) is 17.8 Å². The molecule has 0 radical (unpaired) electrons. The predicted octanol–water partition coefficient (Wildman–Crippen LogP) is 2.19. The lowest BCUT2D eigenvalue weighted by molar-refractivity contribution is -0.134. The van der Waals surface area contributed by atoms with Gasteiger partial charge < -0.3 is 9.80 Å². The first-order chi connectivity index (χ1) is 11.2. The highest BCUT2D eigenvalue weighted by Gasteiger charge is 2.38. The van der Waals surface area contributed by atoms with Crippen LogP contribution in [0, 0.1) is 0 Å². The van der Waals surface area contributed by atoms with E-state index in [4.69, 9.17) is 0 Å². The number of thiophene rings is 1. The number of likely N-dealkylation sites (N-methyl/N-ethyl adjacent to an activating group) is 1. The van der Waals surface area contributed by atoms with Gasteiger partial charge in [0.2, 0.25) is 5.91 Å². The first-order valence-electron chi connectivity index (χ1n) is 8.99. The van der Waals surface area contributed by atoms with Gasteiger partial charge in [-0.25, -0.2) is 0 Å². The smallest absolute Gasteiger partial charge is 0.237 e. The van der Waals surface area contributed by atoms with Crippen molar-refractivity contribution in [3.8, 4) is 0 Å². The average Bonchev–Trinajstić information content (AvgIpc) is 3.25. The maximum atomic E-state index is 12.9. The van der Waals surface area contributed by atoms with Crippen molar-refractivity contribution in [1.29, 1.82) is 0 Å². The third kappa shape index (κ3) is 3.06. The van der Waals surface area contributed by atoms with Crippen molar-refractivity contribution >= 4 is 17.2 Å². The quantitative estimate of drug-likeness (QED) is 0.848. The number of hydrogen-bond donors (Lipinski definition) is 0.